The lowest BCUT2D eigenvalue weighted by Crippen LogP contribution is -2.54. The lowest BCUT2D eigenvalue weighted by molar-refractivity contribution is -0.123. The number of hydrogen-bond acceptors (Lipinski definition) is 4. The van der Waals surface area contributed by atoms with Gasteiger partial charge in [-0.1, -0.05) is 12.5 Å². The number of aliphatic hydroxyl groups is 3. The third-order valence-electron chi connectivity index (χ3n) is 7.91. The molecule has 0 aromatic carbocycles. The third-order valence-corrected chi connectivity index (χ3v) is 7.91. The fourth-order valence-electron chi connectivity index (χ4n) is 6.69. The van der Waals surface area contributed by atoms with Crippen molar-refractivity contribution < 1.29 is 20.1 Å². The highest BCUT2D eigenvalue weighted by atomic mass is 16.3. The molecule has 4 heteroatoms. The Morgan fingerprint density at radius 3 is 2.74 bits per heavy atom. The smallest absolute Gasteiger partial charge is 0.155 e. The molecule has 0 bridgehead atoms. The van der Waals surface area contributed by atoms with Crippen molar-refractivity contribution in [3.8, 4) is 0 Å². The molecule has 0 aromatic rings. The van der Waals surface area contributed by atoms with Crippen molar-refractivity contribution in [3.63, 3.8) is 0 Å². The molecule has 0 aromatic heterocycles. The number of aliphatic hydroxyl groups excluding tert-OH is 3. The van der Waals surface area contributed by atoms with Crippen LogP contribution in [0, 0.1) is 28.6 Å². The first kappa shape index (κ1) is 15.8. The molecule has 4 aliphatic rings. The Morgan fingerprint density at radius 2 is 2.00 bits per heavy atom. The molecular formula is C19H28O4. The molecule has 0 saturated heterocycles. The van der Waals surface area contributed by atoms with E-state index in [2.05, 4.69) is 6.92 Å². The number of hydrogen-bond donors (Lipinski definition) is 3. The van der Waals surface area contributed by atoms with E-state index < -0.39 is 12.2 Å². The second-order valence-electron chi connectivity index (χ2n) is 8.65. The Balaban J connectivity index is 1.73. The highest BCUT2D eigenvalue weighted by Gasteiger charge is 2.62. The molecule has 128 valence electrons. The van der Waals surface area contributed by atoms with Gasteiger partial charge in [0.15, 0.2) is 5.78 Å². The molecule has 7 unspecified atom stereocenters. The zero-order chi connectivity index (χ0) is 16.4. The van der Waals surface area contributed by atoms with Crippen molar-refractivity contribution in [2.24, 2.45) is 28.6 Å². The van der Waals surface area contributed by atoms with E-state index in [1.165, 1.54) is 0 Å². The first-order valence-corrected chi connectivity index (χ1v) is 9.13. The van der Waals surface area contributed by atoms with Crippen molar-refractivity contribution in [1.29, 1.82) is 0 Å². The fourth-order valence-corrected chi connectivity index (χ4v) is 6.69. The minimum Gasteiger partial charge on any atom is -0.395 e. The molecule has 3 saturated carbocycles. The Hall–Kier alpha value is -0.710. The van der Waals surface area contributed by atoms with Crippen LogP contribution in [0.4, 0.5) is 0 Å². The Morgan fingerprint density at radius 1 is 1.22 bits per heavy atom. The third kappa shape index (κ3) is 1.98. The summed E-state index contributed by atoms with van der Waals surface area (Å²) in [4.78, 5) is 11.8. The molecule has 4 rings (SSSR count). The number of carbonyl (C=O) groups is 1. The van der Waals surface area contributed by atoms with E-state index >= 15 is 0 Å². The summed E-state index contributed by atoms with van der Waals surface area (Å²) < 4.78 is 0. The number of ketones is 1. The SMILES string of the molecule is CC12CCC3C(CCC4=CC(=O)CCC43CO)C1C(O)CC2O. The van der Waals surface area contributed by atoms with Gasteiger partial charge in [-0.3, -0.25) is 4.79 Å². The molecule has 23 heavy (non-hydrogen) atoms. The summed E-state index contributed by atoms with van der Waals surface area (Å²) in [5, 5.41) is 31.3. The Labute approximate surface area is 137 Å². The maximum atomic E-state index is 11.8. The van der Waals surface area contributed by atoms with Crippen LogP contribution in [0.1, 0.15) is 51.9 Å². The van der Waals surface area contributed by atoms with Crippen molar-refractivity contribution in [3.05, 3.63) is 11.6 Å². The van der Waals surface area contributed by atoms with E-state index in [4.69, 9.17) is 0 Å². The van der Waals surface area contributed by atoms with Gasteiger partial charge in [0.1, 0.15) is 0 Å². The minimum absolute atomic E-state index is 0.107. The van der Waals surface area contributed by atoms with E-state index in [1.54, 1.807) is 6.08 Å². The summed E-state index contributed by atoms with van der Waals surface area (Å²) >= 11 is 0. The van der Waals surface area contributed by atoms with Crippen LogP contribution in [-0.4, -0.2) is 39.9 Å². The van der Waals surface area contributed by atoms with Gasteiger partial charge >= 0.3 is 0 Å². The van der Waals surface area contributed by atoms with Gasteiger partial charge < -0.3 is 15.3 Å². The molecule has 0 amide bonds. The predicted octanol–water partition coefficient (Wildman–Crippen LogP) is 1.82. The van der Waals surface area contributed by atoms with E-state index in [1.807, 2.05) is 0 Å². The summed E-state index contributed by atoms with van der Waals surface area (Å²) in [6.45, 7) is 2.24. The van der Waals surface area contributed by atoms with Gasteiger partial charge in [-0.05, 0) is 61.3 Å². The molecule has 7 atom stereocenters. The van der Waals surface area contributed by atoms with Gasteiger partial charge in [0.2, 0.25) is 0 Å². The molecule has 3 fully saturated rings. The molecule has 3 N–H and O–H groups in total. The summed E-state index contributed by atoms with van der Waals surface area (Å²) in [6.07, 6.45) is 6.40. The van der Waals surface area contributed by atoms with Crippen LogP contribution in [-0.2, 0) is 4.79 Å². The molecular weight excluding hydrogens is 292 g/mol. The number of carbonyl (C=O) groups excluding carboxylic acids is 1. The largest absolute Gasteiger partial charge is 0.395 e. The first-order chi connectivity index (χ1) is 10.9. The second kappa shape index (κ2) is 5.14. The second-order valence-corrected chi connectivity index (χ2v) is 8.65. The summed E-state index contributed by atoms with van der Waals surface area (Å²) in [5.41, 5.74) is 0.697. The molecule has 0 spiro atoms. The topological polar surface area (TPSA) is 77.8 Å². The van der Waals surface area contributed by atoms with Gasteiger partial charge in [-0.25, -0.2) is 0 Å². The van der Waals surface area contributed by atoms with E-state index in [0.29, 0.717) is 24.7 Å². The van der Waals surface area contributed by atoms with Crippen LogP contribution in [0.5, 0.6) is 0 Å². The van der Waals surface area contributed by atoms with Crippen LogP contribution in [0.2, 0.25) is 0 Å². The monoisotopic (exact) mass is 320 g/mol. The average Bonchev–Trinajstić information content (AvgIpc) is 2.76. The minimum atomic E-state index is -0.436. The zero-order valence-corrected chi connectivity index (χ0v) is 13.9. The standard InChI is InChI=1S/C19H28O4/c1-18-6-5-14-13(17(18)15(22)9-16(18)23)3-2-11-8-12(21)4-7-19(11,14)10-20/h8,13-17,20,22-23H,2-7,9-10H2,1H3. The first-order valence-electron chi connectivity index (χ1n) is 9.13. The van der Waals surface area contributed by atoms with E-state index in [0.717, 1.165) is 37.7 Å². The fraction of sp³-hybridized carbons (Fsp3) is 0.842. The Bertz CT molecular complexity index is 556. The number of fused-ring (bicyclic) bond motifs is 5. The van der Waals surface area contributed by atoms with Crippen molar-refractivity contribution in [2.75, 3.05) is 6.61 Å². The quantitative estimate of drug-likeness (QED) is 0.689. The Kier molecular flexibility index (Phi) is 3.53. The van der Waals surface area contributed by atoms with Gasteiger partial charge in [0, 0.05) is 18.3 Å². The highest BCUT2D eigenvalue weighted by molar-refractivity contribution is 5.91. The molecule has 0 radical (unpaired) electrons. The lowest BCUT2D eigenvalue weighted by atomic mass is 9.47. The van der Waals surface area contributed by atoms with Crippen molar-refractivity contribution >= 4 is 5.78 Å². The number of rotatable bonds is 1. The summed E-state index contributed by atoms with van der Waals surface area (Å²) in [6, 6.07) is 0. The summed E-state index contributed by atoms with van der Waals surface area (Å²) in [5.74, 6) is 0.996. The predicted molar refractivity (Wildman–Crippen MR) is 85.5 cm³/mol. The molecule has 4 nitrogen and oxygen atoms in total. The van der Waals surface area contributed by atoms with Crippen LogP contribution < -0.4 is 0 Å². The van der Waals surface area contributed by atoms with Crippen LogP contribution in [0.25, 0.3) is 0 Å². The highest BCUT2D eigenvalue weighted by Crippen LogP contribution is 2.65. The van der Waals surface area contributed by atoms with Crippen molar-refractivity contribution in [2.45, 2.75) is 64.1 Å². The average molecular weight is 320 g/mol. The molecule has 0 aliphatic heterocycles. The normalized spacial score (nSPS) is 52.4. The van der Waals surface area contributed by atoms with Crippen LogP contribution in [0.3, 0.4) is 0 Å². The van der Waals surface area contributed by atoms with Gasteiger partial charge in [-0.15, -0.1) is 0 Å². The van der Waals surface area contributed by atoms with Gasteiger partial charge in [-0.2, -0.15) is 0 Å². The maximum absolute atomic E-state index is 11.8. The van der Waals surface area contributed by atoms with Gasteiger partial charge in [0.25, 0.3) is 0 Å². The lowest BCUT2D eigenvalue weighted by Gasteiger charge is -2.58. The summed E-state index contributed by atoms with van der Waals surface area (Å²) in [7, 11) is 0. The van der Waals surface area contributed by atoms with E-state index in [-0.39, 0.29) is 29.1 Å². The maximum Gasteiger partial charge on any atom is 0.155 e. The van der Waals surface area contributed by atoms with Crippen molar-refractivity contribution in [1.82, 2.24) is 0 Å². The molecule has 4 aliphatic carbocycles. The van der Waals surface area contributed by atoms with Crippen LogP contribution in [0.15, 0.2) is 11.6 Å². The molecule has 0 heterocycles. The van der Waals surface area contributed by atoms with Gasteiger partial charge in [0.05, 0.1) is 18.8 Å². The van der Waals surface area contributed by atoms with Crippen LogP contribution >= 0.6 is 0 Å². The van der Waals surface area contributed by atoms with E-state index in [9.17, 15) is 20.1 Å². The zero-order valence-electron chi connectivity index (χ0n) is 13.9.